The number of H-pyrrole nitrogens is 1. The molecule has 0 fully saturated rings. The van der Waals surface area contributed by atoms with E-state index >= 15 is 0 Å². The zero-order valence-corrected chi connectivity index (χ0v) is 16.3. The Balaban J connectivity index is 1.84. The SMILES string of the molecule is CCCCCCCCC=CCCCCCCCc1n[nH]c(=S)n1N. The number of aromatic nitrogens is 3. The molecule has 3 N–H and O–H groups in total. The molecule has 4 nitrogen and oxygen atoms in total. The number of allylic oxidation sites excluding steroid dienone is 2. The molecule has 0 aliphatic heterocycles. The van der Waals surface area contributed by atoms with Crippen LogP contribution in [-0.2, 0) is 6.42 Å². The minimum absolute atomic E-state index is 0.498. The lowest BCUT2D eigenvalue weighted by Gasteiger charge is -2.01. The molecule has 0 aliphatic rings. The highest BCUT2D eigenvalue weighted by molar-refractivity contribution is 7.71. The van der Waals surface area contributed by atoms with Crippen molar-refractivity contribution in [2.75, 3.05) is 5.84 Å². The summed E-state index contributed by atoms with van der Waals surface area (Å²) in [7, 11) is 0. The van der Waals surface area contributed by atoms with Crippen molar-refractivity contribution in [1.82, 2.24) is 14.9 Å². The third-order valence-electron chi connectivity index (χ3n) is 4.44. The van der Waals surface area contributed by atoms with Gasteiger partial charge in [0.1, 0.15) is 0 Å². The van der Waals surface area contributed by atoms with Crippen LogP contribution in [-0.4, -0.2) is 14.9 Å². The standard InChI is InChI=1S/C19H36N4S/c1-2-3-4-5-6-7-8-9-10-11-12-13-14-15-16-17-18-21-22-19(24)23(18)20/h9-10H,2-8,11-17,20H2,1H3,(H,22,24). The monoisotopic (exact) mass is 352 g/mol. The number of nitrogens with zero attached hydrogens (tertiary/aromatic N) is 2. The fourth-order valence-electron chi connectivity index (χ4n) is 2.87. The summed E-state index contributed by atoms with van der Waals surface area (Å²) < 4.78 is 1.97. The van der Waals surface area contributed by atoms with Crippen molar-refractivity contribution in [1.29, 1.82) is 0 Å². The first-order valence-electron chi connectivity index (χ1n) is 9.82. The molecule has 0 aromatic carbocycles. The number of aromatic amines is 1. The van der Waals surface area contributed by atoms with Crippen LogP contribution in [0.4, 0.5) is 0 Å². The smallest absolute Gasteiger partial charge is 0.214 e. The summed E-state index contributed by atoms with van der Waals surface area (Å²) in [6.45, 7) is 2.27. The fourth-order valence-corrected chi connectivity index (χ4v) is 3.02. The van der Waals surface area contributed by atoms with E-state index in [4.69, 9.17) is 18.1 Å². The van der Waals surface area contributed by atoms with Gasteiger partial charge in [-0.05, 0) is 44.3 Å². The fraction of sp³-hybridized carbons (Fsp3) is 0.789. The molecule has 1 rings (SSSR count). The van der Waals surface area contributed by atoms with Gasteiger partial charge in [0, 0.05) is 6.42 Å². The lowest BCUT2D eigenvalue weighted by Crippen LogP contribution is -2.12. The van der Waals surface area contributed by atoms with Gasteiger partial charge in [-0.3, -0.25) is 5.10 Å². The van der Waals surface area contributed by atoms with Gasteiger partial charge in [-0.1, -0.05) is 70.4 Å². The number of unbranched alkanes of at least 4 members (excludes halogenated alkanes) is 11. The summed E-state index contributed by atoms with van der Waals surface area (Å²) in [6, 6.07) is 0. The number of rotatable bonds is 15. The van der Waals surface area contributed by atoms with E-state index in [9.17, 15) is 0 Å². The Morgan fingerprint density at radius 2 is 1.46 bits per heavy atom. The van der Waals surface area contributed by atoms with Crippen LogP contribution in [0, 0.1) is 4.77 Å². The average molecular weight is 353 g/mol. The van der Waals surface area contributed by atoms with Crippen molar-refractivity contribution in [3.63, 3.8) is 0 Å². The van der Waals surface area contributed by atoms with Gasteiger partial charge in [0.25, 0.3) is 0 Å². The van der Waals surface area contributed by atoms with Crippen LogP contribution >= 0.6 is 12.2 Å². The van der Waals surface area contributed by atoms with Crippen LogP contribution in [0.15, 0.2) is 12.2 Å². The summed E-state index contributed by atoms with van der Waals surface area (Å²) in [4.78, 5) is 0. The van der Waals surface area contributed by atoms with Crippen LogP contribution in [0.25, 0.3) is 0 Å². The predicted molar refractivity (Wildman–Crippen MR) is 106 cm³/mol. The number of hydrogen-bond donors (Lipinski definition) is 2. The van der Waals surface area contributed by atoms with Crippen molar-refractivity contribution in [2.24, 2.45) is 0 Å². The zero-order valence-electron chi connectivity index (χ0n) is 15.4. The van der Waals surface area contributed by atoms with Crippen molar-refractivity contribution in [2.45, 2.75) is 96.8 Å². The molecule has 0 amide bonds. The molecule has 0 atom stereocenters. The molecule has 0 bridgehead atoms. The maximum Gasteiger partial charge on any atom is 0.214 e. The number of aryl methyl sites for hydroxylation is 1. The predicted octanol–water partition coefficient (Wildman–Crippen LogP) is 5.84. The molecule has 0 saturated carbocycles. The van der Waals surface area contributed by atoms with E-state index in [1.807, 2.05) is 0 Å². The Labute approximate surface area is 152 Å². The van der Waals surface area contributed by atoms with Gasteiger partial charge in [0.15, 0.2) is 5.82 Å². The van der Waals surface area contributed by atoms with Crippen molar-refractivity contribution in [3.05, 3.63) is 22.7 Å². The maximum atomic E-state index is 5.77. The Hall–Kier alpha value is -1.10. The highest BCUT2D eigenvalue weighted by Gasteiger charge is 2.01. The van der Waals surface area contributed by atoms with Crippen LogP contribution < -0.4 is 5.84 Å². The molecule has 5 heteroatoms. The second-order valence-corrected chi connectivity index (χ2v) is 7.04. The van der Waals surface area contributed by atoms with E-state index in [1.54, 1.807) is 0 Å². The largest absolute Gasteiger partial charge is 0.335 e. The first-order chi connectivity index (χ1) is 11.8. The van der Waals surface area contributed by atoms with E-state index in [0.717, 1.165) is 18.7 Å². The number of nitrogens with one attached hydrogen (secondary N) is 1. The third-order valence-corrected chi connectivity index (χ3v) is 4.73. The van der Waals surface area contributed by atoms with Gasteiger partial charge in [-0.15, -0.1) is 0 Å². The molecular formula is C19H36N4S. The molecule has 24 heavy (non-hydrogen) atoms. The van der Waals surface area contributed by atoms with Crippen molar-refractivity contribution >= 4 is 12.2 Å². The Morgan fingerprint density at radius 1 is 0.917 bits per heavy atom. The lowest BCUT2D eigenvalue weighted by molar-refractivity contribution is 0.602. The van der Waals surface area contributed by atoms with Crippen LogP contribution in [0.5, 0.6) is 0 Å². The molecule has 138 valence electrons. The number of nitrogens with two attached hydrogens (primary N) is 1. The Kier molecular flexibility index (Phi) is 12.4. The second kappa shape index (κ2) is 14.3. The van der Waals surface area contributed by atoms with E-state index in [-0.39, 0.29) is 0 Å². The summed E-state index contributed by atoms with van der Waals surface area (Å²) in [5.74, 6) is 6.63. The maximum absolute atomic E-state index is 5.77. The molecule has 0 saturated heterocycles. The molecule has 0 spiro atoms. The van der Waals surface area contributed by atoms with E-state index in [0.29, 0.717) is 4.77 Å². The quantitative estimate of drug-likeness (QED) is 0.180. The zero-order chi connectivity index (χ0) is 17.5. The van der Waals surface area contributed by atoms with Gasteiger partial charge in [-0.2, -0.15) is 5.10 Å². The minimum Gasteiger partial charge on any atom is -0.335 e. The normalized spacial score (nSPS) is 11.5. The van der Waals surface area contributed by atoms with Gasteiger partial charge in [0.2, 0.25) is 4.77 Å². The second-order valence-electron chi connectivity index (χ2n) is 6.65. The van der Waals surface area contributed by atoms with Gasteiger partial charge in [-0.25, -0.2) is 4.68 Å². The average Bonchev–Trinajstić information content (AvgIpc) is 2.90. The van der Waals surface area contributed by atoms with E-state index in [2.05, 4.69) is 29.3 Å². The molecule has 0 unspecified atom stereocenters. The first-order valence-corrected chi connectivity index (χ1v) is 10.2. The van der Waals surface area contributed by atoms with E-state index < -0.39 is 0 Å². The number of hydrogen-bond acceptors (Lipinski definition) is 3. The summed E-state index contributed by atoms with van der Waals surface area (Å²) in [5.41, 5.74) is 0. The molecule has 0 aliphatic carbocycles. The van der Waals surface area contributed by atoms with Crippen LogP contribution in [0.1, 0.15) is 96.2 Å². The summed E-state index contributed by atoms with van der Waals surface area (Å²) >= 11 is 5.00. The Bertz CT molecular complexity index is 490. The van der Waals surface area contributed by atoms with E-state index in [1.165, 1.54) is 81.7 Å². The lowest BCUT2D eigenvalue weighted by atomic mass is 10.1. The molecular weight excluding hydrogens is 316 g/mol. The minimum atomic E-state index is 0.498. The van der Waals surface area contributed by atoms with Crippen LogP contribution in [0.3, 0.4) is 0 Å². The molecule has 1 heterocycles. The highest BCUT2D eigenvalue weighted by Crippen LogP contribution is 2.10. The topological polar surface area (TPSA) is 59.6 Å². The van der Waals surface area contributed by atoms with Crippen molar-refractivity contribution < 1.29 is 0 Å². The van der Waals surface area contributed by atoms with Gasteiger partial charge < -0.3 is 5.84 Å². The van der Waals surface area contributed by atoms with Gasteiger partial charge >= 0.3 is 0 Å². The summed E-state index contributed by atoms with van der Waals surface area (Å²) in [6.07, 6.45) is 22.8. The molecule has 0 radical (unpaired) electrons. The first kappa shape index (κ1) is 20.9. The van der Waals surface area contributed by atoms with Crippen molar-refractivity contribution in [3.8, 4) is 0 Å². The van der Waals surface area contributed by atoms with Gasteiger partial charge in [0.05, 0.1) is 0 Å². The summed E-state index contributed by atoms with van der Waals surface area (Å²) in [5, 5.41) is 6.85. The Morgan fingerprint density at radius 3 is 2.00 bits per heavy atom. The number of nitrogen functional groups attached to an aromatic ring is 1. The molecule has 1 aromatic heterocycles. The highest BCUT2D eigenvalue weighted by atomic mass is 32.1. The molecule has 1 aromatic rings. The van der Waals surface area contributed by atoms with Crippen LogP contribution in [0.2, 0.25) is 0 Å². The third kappa shape index (κ3) is 9.91.